The minimum Gasteiger partial charge on any atom is -0.497 e. The van der Waals surface area contributed by atoms with Gasteiger partial charge in [-0.2, -0.15) is 13.2 Å². The van der Waals surface area contributed by atoms with E-state index in [1.54, 1.807) is 24.3 Å². The molecule has 2 aromatic carbocycles. The molecule has 0 bridgehead atoms. The molecule has 23 heavy (non-hydrogen) atoms. The van der Waals surface area contributed by atoms with Crippen LogP contribution in [0.1, 0.15) is 11.1 Å². The summed E-state index contributed by atoms with van der Waals surface area (Å²) in [6, 6.07) is 10.2. The van der Waals surface area contributed by atoms with E-state index in [4.69, 9.17) is 4.74 Å². The van der Waals surface area contributed by atoms with Gasteiger partial charge in [-0.15, -0.1) is 0 Å². The van der Waals surface area contributed by atoms with Crippen LogP contribution in [0.5, 0.6) is 5.75 Å². The first-order chi connectivity index (χ1) is 10.9. The summed E-state index contributed by atoms with van der Waals surface area (Å²) in [5.74, 6) is -0.0444. The standard InChI is InChI=1S/C16H11F3N2O2/c1-23-10-7-5-9(6-8-10)20-14-11-3-2-4-12(16(17,18)19)13(11)21-15(14)22/h2-8H,1H3,(H,20,21,22). The van der Waals surface area contributed by atoms with Crippen molar-refractivity contribution in [3.63, 3.8) is 0 Å². The highest BCUT2D eigenvalue weighted by atomic mass is 19.4. The highest BCUT2D eigenvalue weighted by Crippen LogP contribution is 2.39. The van der Waals surface area contributed by atoms with Crippen LogP contribution < -0.4 is 10.1 Å². The predicted molar refractivity (Wildman–Crippen MR) is 79.3 cm³/mol. The Balaban J connectivity index is 2.06. The van der Waals surface area contributed by atoms with E-state index < -0.39 is 17.6 Å². The monoisotopic (exact) mass is 320 g/mol. The maximum atomic E-state index is 13.0. The van der Waals surface area contributed by atoms with Gasteiger partial charge in [0.2, 0.25) is 0 Å². The molecule has 118 valence electrons. The number of anilines is 1. The van der Waals surface area contributed by atoms with Crippen LogP contribution >= 0.6 is 0 Å². The van der Waals surface area contributed by atoms with E-state index in [0.29, 0.717) is 11.4 Å². The molecule has 2 aromatic rings. The van der Waals surface area contributed by atoms with Crippen LogP contribution in [0.15, 0.2) is 47.5 Å². The van der Waals surface area contributed by atoms with E-state index in [1.807, 2.05) is 0 Å². The molecule has 0 aliphatic carbocycles. The Morgan fingerprint density at radius 1 is 1.09 bits per heavy atom. The smallest absolute Gasteiger partial charge is 0.418 e. The van der Waals surface area contributed by atoms with Crippen molar-refractivity contribution in [2.24, 2.45) is 4.99 Å². The van der Waals surface area contributed by atoms with E-state index in [1.165, 1.54) is 19.2 Å². The Bertz CT molecular complexity index is 796. The number of nitrogens with one attached hydrogen (secondary N) is 1. The van der Waals surface area contributed by atoms with Crippen molar-refractivity contribution in [2.45, 2.75) is 6.18 Å². The van der Waals surface area contributed by atoms with Crippen molar-refractivity contribution < 1.29 is 22.7 Å². The lowest BCUT2D eigenvalue weighted by Crippen LogP contribution is -2.14. The Morgan fingerprint density at radius 3 is 2.39 bits per heavy atom. The van der Waals surface area contributed by atoms with Crippen LogP contribution in [0.25, 0.3) is 0 Å². The molecule has 0 atom stereocenters. The molecule has 4 nitrogen and oxygen atoms in total. The number of benzene rings is 2. The van der Waals surface area contributed by atoms with E-state index >= 15 is 0 Å². The minimum atomic E-state index is -4.55. The number of hydrogen-bond donors (Lipinski definition) is 1. The average Bonchev–Trinajstić information content (AvgIpc) is 2.83. The van der Waals surface area contributed by atoms with Crippen LogP contribution in [0, 0.1) is 0 Å². The van der Waals surface area contributed by atoms with Gasteiger partial charge >= 0.3 is 6.18 Å². The van der Waals surface area contributed by atoms with Gasteiger partial charge in [0, 0.05) is 5.56 Å². The zero-order valence-electron chi connectivity index (χ0n) is 11.9. The van der Waals surface area contributed by atoms with E-state index in [-0.39, 0.29) is 17.0 Å². The number of carbonyl (C=O) groups is 1. The van der Waals surface area contributed by atoms with Gasteiger partial charge in [-0.05, 0) is 30.3 Å². The van der Waals surface area contributed by atoms with Gasteiger partial charge in [-0.25, -0.2) is 4.99 Å². The minimum absolute atomic E-state index is 0.0451. The summed E-state index contributed by atoms with van der Waals surface area (Å²) in [4.78, 5) is 16.2. The van der Waals surface area contributed by atoms with Gasteiger partial charge in [-0.1, -0.05) is 12.1 Å². The lowest BCUT2D eigenvalue weighted by atomic mass is 10.1. The number of ether oxygens (including phenoxy) is 1. The molecule has 0 spiro atoms. The molecule has 0 unspecified atom stereocenters. The number of halogens is 3. The zero-order chi connectivity index (χ0) is 16.6. The first kappa shape index (κ1) is 15.1. The van der Waals surface area contributed by atoms with Gasteiger partial charge < -0.3 is 10.1 Å². The Labute approximate surface area is 129 Å². The quantitative estimate of drug-likeness (QED) is 0.915. The third-order valence-corrected chi connectivity index (χ3v) is 3.39. The molecule has 0 fully saturated rings. The first-order valence-corrected chi connectivity index (χ1v) is 6.65. The second-order valence-electron chi connectivity index (χ2n) is 4.84. The molecule has 0 radical (unpaired) electrons. The van der Waals surface area contributed by atoms with Crippen molar-refractivity contribution in [3.8, 4) is 5.75 Å². The molecule has 7 heteroatoms. The van der Waals surface area contributed by atoms with Crippen LogP contribution in [0.4, 0.5) is 24.5 Å². The number of aliphatic imine (C=N–C) groups is 1. The fourth-order valence-electron chi connectivity index (χ4n) is 2.31. The van der Waals surface area contributed by atoms with Gasteiger partial charge in [0.25, 0.3) is 5.91 Å². The van der Waals surface area contributed by atoms with Crippen molar-refractivity contribution >= 4 is 23.0 Å². The normalized spacial score (nSPS) is 15.5. The Kier molecular flexibility index (Phi) is 3.55. The van der Waals surface area contributed by atoms with Gasteiger partial charge in [0.1, 0.15) is 11.5 Å². The lowest BCUT2D eigenvalue weighted by Gasteiger charge is -2.10. The summed E-state index contributed by atoms with van der Waals surface area (Å²) >= 11 is 0. The number of amides is 1. The summed E-state index contributed by atoms with van der Waals surface area (Å²) in [5.41, 5.74) is -0.598. The highest BCUT2D eigenvalue weighted by molar-refractivity contribution is 6.54. The molecule has 0 saturated carbocycles. The fraction of sp³-hybridized carbons (Fsp3) is 0.125. The molecule has 0 aromatic heterocycles. The van der Waals surface area contributed by atoms with Crippen LogP contribution in [0.2, 0.25) is 0 Å². The fourth-order valence-corrected chi connectivity index (χ4v) is 2.31. The van der Waals surface area contributed by atoms with Crippen molar-refractivity contribution in [3.05, 3.63) is 53.6 Å². The van der Waals surface area contributed by atoms with E-state index in [9.17, 15) is 18.0 Å². The predicted octanol–water partition coefficient (Wildman–Crippen LogP) is 3.79. The average molecular weight is 320 g/mol. The molecule has 1 aliphatic heterocycles. The molecule has 0 saturated heterocycles. The number of para-hydroxylation sites is 1. The second-order valence-corrected chi connectivity index (χ2v) is 4.84. The van der Waals surface area contributed by atoms with E-state index in [2.05, 4.69) is 10.3 Å². The highest BCUT2D eigenvalue weighted by Gasteiger charge is 2.39. The Morgan fingerprint density at radius 2 is 1.78 bits per heavy atom. The SMILES string of the molecule is COc1ccc(N=C2C(=O)Nc3c2cccc3C(F)(F)F)cc1. The number of rotatable bonds is 2. The summed E-state index contributed by atoms with van der Waals surface area (Å²) in [6.07, 6.45) is -4.55. The second kappa shape index (κ2) is 5.42. The Hall–Kier alpha value is -2.83. The lowest BCUT2D eigenvalue weighted by molar-refractivity contribution is -0.136. The summed E-state index contributed by atoms with van der Waals surface area (Å²) in [7, 11) is 1.51. The van der Waals surface area contributed by atoms with Gasteiger partial charge in [0.05, 0.1) is 24.0 Å². The molecular weight excluding hydrogens is 309 g/mol. The topological polar surface area (TPSA) is 50.7 Å². The maximum Gasteiger partial charge on any atom is 0.418 e. The van der Waals surface area contributed by atoms with Crippen LogP contribution in [-0.2, 0) is 11.0 Å². The zero-order valence-corrected chi connectivity index (χ0v) is 11.9. The molecule has 1 amide bonds. The third kappa shape index (κ3) is 2.77. The van der Waals surface area contributed by atoms with Crippen LogP contribution in [-0.4, -0.2) is 18.7 Å². The van der Waals surface area contributed by atoms with Crippen LogP contribution in [0.3, 0.4) is 0 Å². The van der Waals surface area contributed by atoms with Crippen molar-refractivity contribution in [2.75, 3.05) is 12.4 Å². The van der Waals surface area contributed by atoms with Crippen molar-refractivity contribution in [1.82, 2.24) is 0 Å². The number of nitrogens with zero attached hydrogens (tertiary/aromatic N) is 1. The summed E-state index contributed by atoms with van der Waals surface area (Å²) in [6.45, 7) is 0. The number of alkyl halides is 3. The molecule has 3 rings (SSSR count). The molecule has 1 N–H and O–H groups in total. The molecular formula is C16H11F3N2O2. The van der Waals surface area contributed by atoms with Crippen molar-refractivity contribution in [1.29, 1.82) is 0 Å². The number of hydrogen-bond acceptors (Lipinski definition) is 3. The molecule has 1 aliphatic rings. The number of carbonyl (C=O) groups excluding carboxylic acids is 1. The first-order valence-electron chi connectivity index (χ1n) is 6.65. The summed E-state index contributed by atoms with van der Waals surface area (Å²) < 4.78 is 44.0. The maximum absolute atomic E-state index is 13.0. The van der Waals surface area contributed by atoms with Gasteiger partial charge in [0.15, 0.2) is 0 Å². The molecule has 1 heterocycles. The third-order valence-electron chi connectivity index (χ3n) is 3.39. The largest absolute Gasteiger partial charge is 0.497 e. The number of methoxy groups -OCH3 is 1. The number of fused-ring (bicyclic) bond motifs is 1. The summed E-state index contributed by atoms with van der Waals surface area (Å²) in [5, 5.41) is 2.25. The van der Waals surface area contributed by atoms with E-state index in [0.717, 1.165) is 6.07 Å². The van der Waals surface area contributed by atoms with Gasteiger partial charge in [-0.3, -0.25) is 4.79 Å².